The van der Waals surface area contributed by atoms with Crippen molar-refractivity contribution in [3.63, 3.8) is 0 Å². The van der Waals surface area contributed by atoms with Crippen molar-refractivity contribution in [3.8, 4) is 5.75 Å². The van der Waals surface area contributed by atoms with E-state index in [4.69, 9.17) is 4.74 Å². The Balaban J connectivity index is 2.22. The summed E-state index contributed by atoms with van der Waals surface area (Å²) >= 11 is 0. The fourth-order valence-corrected chi connectivity index (χ4v) is 1.69. The number of aryl methyl sites for hydroxylation is 1. The molecule has 1 amide bonds. The maximum atomic E-state index is 11.5. The van der Waals surface area contributed by atoms with Gasteiger partial charge in [0.2, 0.25) is 0 Å². The largest absolute Gasteiger partial charge is 0.484 e. The van der Waals surface area contributed by atoms with Crippen molar-refractivity contribution in [3.05, 3.63) is 29.8 Å². The van der Waals surface area contributed by atoms with E-state index in [9.17, 15) is 9.90 Å². The third kappa shape index (κ3) is 6.82. The first-order valence-electron chi connectivity index (χ1n) is 6.61. The second-order valence-corrected chi connectivity index (χ2v) is 5.19. The van der Waals surface area contributed by atoms with Crippen molar-refractivity contribution in [2.45, 2.75) is 33.3 Å². The van der Waals surface area contributed by atoms with Gasteiger partial charge in [0.15, 0.2) is 6.61 Å². The molecular formula is C15H23NO3. The third-order valence-corrected chi connectivity index (χ3v) is 2.67. The Morgan fingerprint density at radius 2 is 1.95 bits per heavy atom. The standard InChI is InChI=1S/C15H23NO3/c1-11(2)8-13(17)9-16-15(18)10-19-14-6-4-12(3)5-7-14/h4-7,11,13,17H,8-10H2,1-3H3,(H,16,18). The number of nitrogens with one attached hydrogen (secondary N) is 1. The second-order valence-electron chi connectivity index (χ2n) is 5.19. The molecule has 0 aliphatic heterocycles. The molecule has 1 aromatic carbocycles. The number of rotatable bonds is 7. The van der Waals surface area contributed by atoms with E-state index in [0.717, 1.165) is 5.56 Å². The van der Waals surface area contributed by atoms with E-state index in [0.29, 0.717) is 18.1 Å². The first kappa shape index (κ1) is 15.5. The van der Waals surface area contributed by atoms with E-state index in [1.807, 2.05) is 45.0 Å². The molecule has 0 saturated carbocycles. The highest BCUT2D eigenvalue weighted by molar-refractivity contribution is 5.77. The quantitative estimate of drug-likeness (QED) is 0.791. The van der Waals surface area contributed by atoms with Gasteiger partial charge < -0.3 is 15.2 Å². The zero-order valence-corrected chi connectivity index (χ0v) is 11.8. The fraction of sp³-hybridized carbons (Fsp3) is 0.533. The molecule has 0 radical (unpaired) electrons. The van der Waals surface area contributed by atoms with Crippen LogP contribution in [0.2, 0.25) is 0 Å². The molecule has 1 unspecified atom stereocenters. The van der Waals surface area contributed by atoms with E-state index in [1.165, 1.54) is 0 Å². The van der Waals surface area contributed by atoms with Gasteiger partial charge in [-0.05, 0) is 31.4 Å². The summed E-state index contributed by atoms with van der Waals surface area (Å²) < 4.78 is 5.34. The molecule has 19 heavy (non-hydrogen) atoms. The van der Waals surface area contributed by atoms with Crippen LogP contribution < -0.4 is 10.1 Å². The summed E-state index contributed by atoms with van der Waals surface area (Å²) in [6.45, 7) is 6.30. The van der Waals surface area contributed by atoms with Crippen LogP contribution in [0.1, 0.15) is 25.8 Å². The van der Waals surface area contributed by atoms with Gasteiger partial charge in [0, 0.05) is 6.54 Å². The highest BCUT2D eigenvalue weighted by Gasteiger charge is 2.09. The van der Waals surface area contributed by atoms with Gasteiger partial charge >= 0.3 is 0 Å². The van der Waals surface area contributed by atoms with E-state index in [1.54, 1.807) is 0 Å². The van der Waals surface area contributed by atoms with E-state index < -0.39 is 6.10 Å². The smallest absolute Gasteiger partial charge is 0.258 e. The molecule has 2 N–H and O–H groups in total. The lowest BCUT2D eigenvalue weighted by Crippen LogP contribution is -2.35. The van der Waals surface area contributed by atoms with Crippen molar-refractivity contribution in [2.24, 2.45) is 5.92 Å². The predicted molar refractivity (Wildman–Crippen MR) is 75.1 cm³/mol. The lowest BCUT2D eigenvalue weighted by atomic mass is 10.1. The van der Waals surface area contributed by atoms with Gasteiger partial charge in [-0.3, -0.25) is 4.79 Å². The van der Waals surface area contributed by atoms with Crippen molar-refractivity contribution in [2.75, 3.05) is 13.2 Å². The van der Waals surface area contributed by atoms with E-state index >= 15 is 0 Å². The maximum absolute atomic E-state index is 11.5. The molecule has 0 aliphatic rings. The Hall–Kier alpha value is -1.55. The number of amides is 1. The summed E-state index contributed by atoms with van der Waals surface area (Å²) in [6.07, 6.45) is 0.183. The average molecular weight is 265 g/mol. The van der Waals surface area contributed by atoms with Gasteiger partial charge in [0.25, 0.3) is 5.91 Å². The van der Waals surface area contributed by atoms with Crippen molar-refractivity contribution >= 4 is 5.91 Å². The minimum atomic E-state index is -0.497. The molecule has 0 fully saturated rings. The number of hydrogen-bond donors (Lipinski definition) is 2. The maximum Gasteiger partial charge on any atom is 0.258 e. The molecule has 0 aliphatic carbocycles. The van der Waals surface area contributed by atoms with Crippen LogP contribution in [0, 0.1) is 12.8 Å². The Kier molecular flexibility index (Phi) is 6.36. The zero-order chi connectivity index (χ0) is 14.3. The number of carbonyl (C=O) groups excluding carboxylic acids is 1. The van der Waals surface area contributed by atoms with Crippen LogP contribution in [0.4, 0.5) is 0 Å². The number of ether oxygens (including phenoxy) is 1. The summed E-state index contributed by atoms with van der Waals surface area (Å²) in [7, 11) is 0. The molecule has 4 heteroatoms. The van der Waals surface area contributed by atoms with Crippen molar-refractivity contribution in [1.29, 1.82) is 0 Å². The summed E-state index contributed by atoms with van der Waals surface area (Å²) in [5.74, 6) is 0.863. The molecule has 106 valence electrons. The predicted octanol–water partition coefficient (Wildman–Crippen LogP) is 1.90. The topological polar surface area (TPSA) is 58.6 Å². The summed E-state index contributed by atoms with van der Waals surface area (Å²) in [6, 6.07) is 7.52. The molecule has 1 aromatic rings. The Morgan fingerprint density at radius 1 is 1.32 bits per heavy atom. The third-order valence-electron chi connectivity index (χ3n) is 2.67. The normalized spacial score (nSPS) is 12.3. The molecule has 0 spiro atoms. The molecule has 0 bridgehead atoms. The molecule has 1 atom stereocenters. The fourth-order valence-electron chi connectivity index (χ4n) is 1.69. The lowest BCUT2D eigenvalue weighted by molar-refractivity contribution is -0.123. The van der Waals surface area contributed by atoms with Crippen LogP contribution in [0.5, 0.6) is 5.75 Å². The van der Waals surface area contributed by atoms with Crippen molar-refractivity contribution in [1.82, 2.24) is 5.32 Å². The minimum Gasteiger partial charge on any atom is -0.484 e. The minimum absolute atomic E-state index is 0.0303. The van der Waals surface area contributed by atoms with Crippen LogP contribution in [0.3, 0.4) is 0 Å². The van der Waals surface area contributed by atoms with Gasteiger partial charge in [-0.1, -0.05) is 31.5 Å². The van der Waals surface area contributed by atoms with Gasteiger partial charge in [0.1, 0.15) is 5.75 Å². The van der Waals surface area contributed by atoms with Crippen LogP contribution >= 0.6 is 0 Å². The van der Waals surface area contributed by atoms with Gasteiger partial charge in [-0.2, -0.15) is 0 Å². The van der Waals surface area contributed by atoms with Crippen LogP contribution in [-0.2, 0) is 4.79 Å². The molecule has 4 nitrogen and oxygen atoms in total. The van der Waals surface area contributed by atoms with Crippen LogP contribution in [0.15, 0.2) is 24.3 Å². The number of benzene rings is 1. The van der Waals surface area contributed by atoms with Crippen LogP contribution in [0.25, 0.3) is 0 Å². The average Bonchev–Trinajstić information content (AvgIpc) is 2.35. The van der Waals surface area contributed by atoms with Crippen molar-refractivity contribution < 1.29 is 14.6 Å². The Labute approximate surface area is 114 Å². The monoisotopic (exact) mass is 265 g/mol. The second kappa shape index (κ2) is 7.79. The first-order valence-corrected chi connectivity index (χ1v) is 6.61. The summed E-state index contributed by atoms with van der Waals surface area (Å²) in [4.78, 5) is 11.5. The lowest BCUT2D eigenvalue weighted by Gasteiger charge is -2.14. The van der Waals surface area contributed by atoms with Gasteiger partial charge in [-0.25, -0.2) is 0 Å². The van der Waals surface area contributed by atoms with E-state index in [2.05, 4.69) is 5.32 Å². The molecule has 1 rings (SSSR count). The Morgan fingerprint density at radius 3 is 2.53 bits per heavy atom. The highest BCUT2D eigenvalue weighted by Crippen LogP contribution is 2.10. The van der Waals surface area contributed by atoms with Crippen LogP contribution in [-0.4, -0.2) is 30.3 Å². The Bertz CT molecular complexity index is 387. The molecular weight excluding hydrogens is 242 g/mol. The molecule has 0 saturated heterocycles. The summed E-state index contributed by atoms with van der Waals surface area (Å²) in [5, 5.41) is 12.3. The first-order chi connectivity index (χ1) is 8.97. The van der Waals surface area contributed by atoms with Gasteiger partial charge in [0.05, 0.1) is 6.10 Å². The number of hydrogen-bond acceptors (Lipinski definition) is 3. The number of aliphatic hydroxyl groups is 1. The molecule has 0 heterocycles. The molecule has 0 aromatic heterocycles. The highest BCUT2D eigenvalue weighted by atomic mass is 16.5. The van der Waals surface area contributed by atoms with E-state index in [-0.39, 0.29) is 19.1 Å². The number of carbonyl (C=O) groups is 1. The SMILES string of the molecule is Cc1ccc(OCC(=O)NCC(O)CC(C)C)cc1. The number of aliphatic hydroxyl groups excluding tert-OH is 1. The van der Waals surface area contributed by atoms with Gasteiger partial charge in [-0.15, -0.1) is 0 Å². The summed E-state index contributed by atoms with van der Waals surface area (Å²) in [5.41, 5.74) is 1.15. The zero-order valence-electron chi connectivity index (χ0n) is 11.8.